The van der Waals surface area contributed by atoms with Gasteiger partial charge in [0.15, 0.2) is 0 Å². The van der Waals surface area contributed by atoms with Gasteiger partial charge in [-0.3, -0.25) is 14.5 Å². The molecule has 0 atom stereocenters. The Balaban J connectivity index is 1.55. The zero-order valence-corrected chi connectivity index (χ0v) is 16.9. The molecule has 0 aliphatic carbocycles. The first-order valence-corrected chi connectivity index (χ1v) is 10.1. The smallest absolute Gasteiger partial charge is 0.254 e. The van der Waals surface area contributed by atoms with E-state index >= 15 is 0 Å². The number of nitrogens with zero attached hydrogens (tertiary/aromatic N) is 3. The minimum atomic E-state index is 0.0560. The minimum absolute atomic E-state index is 0.0560. The van der Waals surface area contributed by atoms with E-state index in [1.165, 1.54) is 0 Å². The van der Waals surface area contributed by atoms with Crippen molar-refractivity contribution in [1.29, 1.82) is 0 Å². The Labute approximate surface area is 167 Å². The van der Waals surface area contributed by atoms with Gasteiger partial charge in [0.25, 0.3) is 5.91 Å². The van der Waals surface area contributed by atoms with Crippen LogP contribution in [0.2, 0.25) is 0 Å². The molecule has 1 fully saturated rings. The van der Waals surface area contributed by atoms with Crippen molar-refractivity contribution in [3.8, 4) is 5.69 Å². The monoisotopic (exact) mass is 382 g/mol. The van der Waals surface area contributed by atoms with Crippen LogP contribution in [0.4, 0.5) is 0 Å². The van der Waals surface area contributed by atoms with E-state index in [1.54, 1.807) is 0 Å². The van der Waals surface area contributed by atoms with Crippen molar-refractivity contribution in [2.24, 2.45) is 0 Å². The van der Waals surface area contributed by atoms with Gasteiger partial charge < -0.3 is 14.8 Å². The van der Waals surface area contributed by atoms with Crippen LogP contribution < -0.4 is 5.32 Å². The Morgan fingerprint density at radius 3 is 2.46 bits per heavy atom. The van der Waals surface area contributed by atoms with E-state index in [-0.39, 0.29) is 11.8 Å². The molecule has 28 heavy (non-hydrogen) atoms. The summed E-state index contributed by atoms with van der Waals surface area (Å²) in [7, 11) is 0. The third-order valence-electron chi connectivity index (χ3n) is 5.22. The lowest BCUT2D eigenvalue weighted by Gasteiger charge is -2.34. The van der Waals surface area contributed by atoms with Crippen LogP contribution in [0.1, 0.15) is 35.7 Å². The molecular formula is C22H30N4O2. The summed E-state index contributed by atoms with van der Waals surface area (Å²) < 4.78 is 2.03. The summed E-state index contributed by atoms with van der Waals surface area (Å²) in [5.41, 5.74) is 2.87. The Morgan fingerprint density at radius 1 is 1.07 bits per heavy atom. The Morgan fingerprint density at radius 2 is 1.79 bits per heavy atom. The molecule has 0 saturated carbocycles. The number of aromatic nitrogens is 1. The predicted molar refractivity (Wildman–Crippen MR) is 111 cm³/mol. The quantitative estimate of drug-likeness (QED) is 0.749. The van der Waals surface area contributed by atoms with Crippen molar-refractivity contribution in [2.75, 3.05) is 39.3 Å². The van der Waals surface area contributed by atoms with E-state index in [1.807, 2.05) is 59.1 Å². The van der Waals surface area contributed by atoms with E-state index in [9.17, 15) is 9.59 Å². The van der Waals surface area contributed by atoms with Crippen LogP contribution in [0, 0.1) is 6.92 Å². The van der Waals surface area contributed by atoms with Gasteiger partial charge in [-0.15, -0.1) is 0 Å². The SMILES string of the molecule is CCCCNC(=O)CN1CCN(C(=O)c2ccc(C)c(-n3cccc3)c2)CC1. The molecule has 0 spiro atoms. The van der Waals surface area contributed by atoms with Crippen LogP contribution in [0.25, 0.3) is 5.69 Å². The predicted octanol–water partition coefficient (Wildman–Crippen LogP) is 2.46. The standard InChI is InChI=1S/C22H30N4O2/c1-3-4-9-23-21(27)17-24-12-14-26(15-13-24)22(28)19-8-7-18(2)20(16-19)25-10-5-6-11-25/h5-8,10-11,16H,3-4,9,12-15,17H2,1-2H3,(H,23,27). The molecule has 1 aromatic heterocycles. The molecule has 0 unspecified atom stereocenters. The number of benzene rings is 1. The summed E-state index contributed by atoms with van der Waals surface area (Å²) in [6.45, 7) is 8.05. The van der Waals surface area contributed by atoms with Gasteiger partial charge in [-0.25, -0.2) is 0 Å². The van der Waals surface area contributed by atoms with E-state index in [0.717, 1.165) is 43.7 Å². The van der Waals surface area contributed by atoms with Crippen molar-refractivity contribution >= 4 is 11.8 Å². The van der Waals surface area contributed by atoms with Crippen LogP contribution in [-0.4, -0.2) is 65.4 Å². The van der Waals surface area contributed by atoms with Crippen molar-refractivity contribution in [3.05, 3.63) is 53.9 Å². The summed E-state index contributed by atoms with van der Waals surface area (Å²) in [6.07, 6.45) is 6.06. The molecule has 0 radical (unpaired) electrons. The molecule has 6 heteroatoms. The van der Waals surface area contributed by atoms with Gasteiger partial charge in [0, 0.05) is 56.4 Å². The molecule has 0 bridgehead atoms. The molecular weight excluding hydrogens is 352 g/mol. The van der Waals surface area contributed by atoms with E-state index < -0.39 is 0 Å². The molecule has 6 nitrogen and oxygen atoms in total. The second-order valence-electron chi connectivity index (χ2n) is 7.36. The number of hydrogen-bond acceptors (Lipinski definition) is 3. The normalized spacial score (nSPS) is 14.9. The maximum absolute atomic E-state index is 13.0. The van der Waals surface area contributed by atoms with Gasteiger partial charge in [-0.2, -0.15) is 0 Å². The Kier molecular flexibility index (Phi) is 6.87. The molecule has 2 aromatic rings. The molecule has 1 aliphatic rings. The average molecular weight is 383 g/mol. The molecule has 1 aromatic carbocycles. The van der Waals surface area contributed by atoms with Gasteiger partial charge in [0.1, 0.15) is 0 Å². The zero-order valence-electron chi connectivity index (χ0n) is 16.9. The number of unbranched alkanes of at least 4 members (excludes halogenated alkanes) is 1. The highest BCUT2D eigenvalue weighted by molar-refractivity contribution is 5.95. The van der Waals surface area contributed by atoms with E-state index in [2.05, 4.69) is 17.1 Å². The molecule has 2 amide bonds. The molecule has 150 valence electrons. The van der Waals surface area contributed by atoms with Crippen LogP contribution in [0.15, 0.2) is 42.7 Å². The van der Waals surface area contributed by atoms with Crippen LogP contribution in [-0.2, 0) is 4.79 Å². The summed E-state index contributed by atoms with van der Waals surface area (Å²) in [4.78, 5) is 28.9. The maximum Gasteiger partial charge on any atom is 0.254 e. The fraction of sp³-hybridized carbons (Fsp3) is 0.455. The highest BCUT2D eigenvalue weighted by Gasteiger charge is 2.23. The number of hydrogen-bond donors (Lipinski definition) is 1. The fourth-order valence-corrected chi connectivity index (χ4v) is 3.47. The number of amides is 2. The molecule has 1 aliphatic heterocycles. The van der Waals surface area contributed by atoms with Crippen molar-refractivity contribution < 1.29 is 9.59 Å². The molecule has 1 saturated heterocycles. The van der Waals surface area contributed by atoms with Gasteiger partial charge in [-0.1, -0.05) is 19.4 Å². The van der Waals surface area contributed by atoms with Crippen LogP contribution in [0.3, 0.4) is 0 Å². The Hall–Kier alpha value is -2.60. The lowest BCUT2D eigenvalue weighted by atomic mass is 10.1. The summed E-state index contributed by atoms with van der Waals surface area (Å²) >= 11 is 0. The first kappa shape index (κ1) is 20.1. The van der Waals surface area contributed by atoms with Crippen molar-refractivity contribution in [3.63, 3.8) is 0 Å². The number of piperazine rings is 1. The first-order valence-electron chi connectivity index (χ1n) is 10.1. The van der Waals surface area contributed by atoms with Gasteiger partial charge in [-0.05, 0) is 43.2 Å². The Bertz CT molecular complexity index is 793. The third-order valence-corrected chi connectivity index (χ3v) is 5.22. The van der Waals surface area contributed by atoms with Crippen LogP contribution >= 0.6 is 0 Å². The third kappa shape index (κ3) is 5.01. The van der Waals surface area contributed by atoms with Crippen molar-refractivity contribution in [1.82, 2.24) is 19.7 Å². The lowest BCUT2D eigenvalue weighted by molar-refractivity contribution is -0.122. The van der Waals surface area contributed by atoms with Crippen molar-refractivity contribution in [2.45, 2.75) is 26.7 Å². The second-order valence-corrected chi connectivity index (χ2v) is 7.36. The largest absolute Gasteiger partial charge is 0.355 e. The lowest BCUT2D eigenvalue weighted by Crippen LogP contribution is -2.51. The first-order chi connectivity index (χ1) is 13.6. The average Bonchev–Trinajstić information content (AvgIpc) is 3.23. The molecule has 1 N–H and O–H groups in total. The number of carbonyl (C=O) groups is 2. The maximum atomic E-state index is 13.0. The summed E-state index contributed by atoms with van der Waals surface area (Å²) in [5, 5.41) is 2.95. The number of aryl methyl sites for hydroxylation is 1. The van der Waals surface area contributed by atoms with Crippen LogP contribution in [0.5, 0.6) is 0 Å². The fourth-order valence-electron chi connectivity index (χ4n) is 3.47. The van der Waals surface area contributed by atoms with Gasteiger partial charge in [0.05, 0.1) is 6.54 Å². The molecule has 2 heterocycles. The number of nitrogens with one attached hydrogen (secondary N) is 1. The summed E-state index contributed by atoms with van der Waals surface area (Å²) in [6, 6.07) is 9.82. The van der Waals surface area contributed by atoms with Gasteiger partial charge >= 0.3 is 0 Å². The topological polar surface area (TPSA) is 57.6 Å². The minimum Gasteiger partial charge on any atom is -0.355 e. The second kappa shape index (κ2) is 9.55. The van der Waals surface area contributed by atoms with E-state index in [4.69, 9.17) is 0 Å². The molecule has 3 rings (SSSR count). The highest BCUT2D eigenvalue weighted by Crippen LogP contribution is 2.18. The number of rotatable bonds is 7. The summed E-state index contributed by atoms with van der Waals surface area (Å²) in [5.74, 6) is 0.128. The van der Waals surface area contributed by atoms with Gasteiger partial charge in [0.2, 0.25) is 5.91 Å². The van der Waals surface area contributed by atoms with E-state index in [0.29, 0.717) is 25.2 Å². The highest BCUT2D eigenvalue weighted by atomic mass is 16.2. The zero-order chi connectivity index (χ0) is 19.9. The number of carbonyl (C=O) groups excluding carboxylic acids is 2.